The smallest absolute Gasteiger partial charge is 0.224 e. The second-order valence-corrected chi connectivity index (χ2v) is 5.16. The standard InChI is InChI=1S/C16H24N2O3/c1-13(14-5-3-4-6-15(14)20-2)17-8-7-16(19)18-9-11-21-12-10-18/h3-6,13,17H,7-12H2,1-2H3. The van der Waals surface area contributed by atoms with E-state index in [-0.39, 0.29) is 11.9 Å². The van der Waals surface area contributed by atoms with E-state index in [2.05, 4.69) is 12.2 Å². The van der Waals surface area contributed by atoms with Gasteiger partial charge in [0.2, 0.25) is 5.91 Å². The predicted molar refractivity (Wildman–Crippen MR) is 81.4 cm³/mol. The lowest BCUT2D eigenvalue weighted by Gasteiger charge is -2.27. The Labute approximate surface area is 126 Å². The zero-order chi connectivity index (χ0) is 15.1. The van der Waals surface area contributed by atoms with Gasteiger partial charge in [0.15, 0.2) is 0 Å². The number of ether oxygens (including phenoxy) is 2. The number of carbonyl (C=O) groups excluding carboxylic acids is 1. The zero-order valence-electron chi connectivity index (χ0n) is 12.8. The van der Waals surface area contributed by atoms with E-state index in [0.717, 1.165) is 11.3 Å². The average Bonchev–Trinajstić information content (AvgIpc) is 2.55. The van der Waals surface area contributed by atoms with Gasteiger partial charge < -0.3 is 19.7 Å². The van der Waals surface area contributed by atoms with E-state index < -0.39 is 0 Å². The van der Waals surface area contributed by atoms with Crippen molar-refractivity contribution in [1.82, 2.24) is 10.2 Å². The quantitative estimate of drug-likeness (QED) is 0.865. The highest BCUT2D eigenvalue weighted by Crippen LogP contribution is 2.24. The number of carbonyl (C=O) groups is 1. The number of rotatable bonds is 6. The number of amides is 1. The molecule has 1 atom stereocenters. The number of benzene rings is 1. The zero-order valence-corrected chi connectivity index (χ0v) is 12.8. The Morgan fingerprint density at radius 2 is 2.10 bits per heavy atom. The Morgan fingerprint density at radius 1 is 1.38 bits per heavy atom. The van der Waals surface area contributed by atoms with Crippen molar-refractivity contribution in [3.63, 3.8) is 0 Å². The van der Waals surface area contributed by atoms with E-state index in [4.69, 9.17) is 9.47 Å². The van der Waals surface area contributed by atoms with Crippen molar-refractivity contribution in [3.05, 3.63) is 29.8 Å². The fraction of sp³-hybridized carbons (Fsp3) is 0.562. The summed E-state index contributed by atoms with van der Waals surface area (Å²) in [5, 5.41) is 3.38. The molecular weight excluding hydrogens is 268 g/mol. The highest BCUT2D eigenvalue weighted by atomic mass is 16.5. The van der Waals surface area contributed by atoms with Gasteiger partial charge >= 0.3 is 0 Å². The van der Waals surface area contributed by atoms with Crippen molar-refractivity contribution in [1.29, 1.82) is 0 Å². The molecule has 1 aliphatic heterocycles. The molecule has 0 saturated carbocycles. The van der Waals surface area contributed by atoms with Crippen molar-refractivity contribution in [2.24, 2.45) is 0 Å². The van der Waals surface area contributed by atoms with Crippen LogP contribution in [-0.2, 0) is 9.53 Å². The fourth-order valence-electron chi connectivity index (χ4n) is 2.50. The Hall–Kier alpha value is -1.59. The van der Waals surface area contributed by atoms with E-state index in [1.807, 2.05) is 29.2 Å². The Morgan fingerprint density at radius 3 is 2.81 bits per heavy atom. The molecule has 1 aliphatic rings. The minimum absolute atomic E-state index is 0.152. The summed E-state index contributed by atoms with van der Waals surface area (Å²) in [6.45, 7) is 5.46. The molecule has 2 rings (SSSR count). The number of morpholine rings is 1. The molecule has 1 saturated heterocycles. The van der Waals surface area contributed by atoms with E-state index in [1.165, 1.54) is 0 Å². The van der Waals surface area contributed by atoms with Gasteiger partial charge in [-0.25, -0.2) is 0 Å². The summed E-state index contributed by atoms with van der Waals surface area (Å²) in [6.07, 6.45) is 0.513. The van der Waals surface area contributed by atoms with Crippen LogP contribution < -0.4 is 10.1 Å². The first-order valence-electron chi connectivity index (χ1n) is 7.44. The molecule has 1 N–H and O–H groups in total. The van der Waals surface area contributed by atoms with Gasteiger partial charge in [-0.05, 0) is 13.0 Å². The SMILES string of the molecule is COc1ccccc1C(C)NCCC(=O)N1CCOCC1. The summed E-state index contributed by atoms with van der Waals surface area (Å²) < 4.78 is 10.6. The second kappa shape index (κ2) is 8.00. The van der Waals surface area contributed by atoms with Crippen molar-refractivity contribution in [3.8, 4) is 5.75 Å². The Balaban J connectivity index is 1.78. The molecule has 1 heterocycles. The summed E-state index contributed by atoms with van der Waals surface area (Å²) in [4.78, 5) is 13.9. The van der Waals surface area contributed by atoms with Gasteiger partial charge in [-0.1, -0.05) is 18.2 Å². The summed E-state index contributed by atoms with van der Waals surface area (Å²) in [6, 6.07) is 8.09. The van der Waals surface area contributed by atoms with Gasteiger partial charge in [0, 0.05) is 37.7 Å². The third-order valence-corrected chi connectivity index (χ3v) is 3.76. The maximum Gasteiger partial charge on any atom is 0.224 e. The molecule has 1 aromatic carbocycles. The topological polar surface area (TPSA) is 50.8 Å². The van der Waals surface area contributed by atoms with Crippen molar-refractivity contribution in [2.75, 3.05) is 40.0 Å². The third-order valence-electron chi connectivity index (χ3n) is 3.76. The van der Waals surface area contributed by atoms with E-state index in [9.17, 15) is 4.79 Å². The first-order chi connectivity index (χ1) is 10.2. The van der Waals surface area contributed by atoms with Crippen LogP contribution in [0.5, 0.6) is 5.75 Å². The number of nitrogens with zero attached hydrogens (tertiary/aromatic N) is 1. The average molecular weight is 292 g/mol. The molecule has 0 bridgehead atoms. The molecule has 0 spiro atoms. The van der Waals surface area contributed by atoms with Crippen LogP contribution in [0, 0.1) is 0 Å². The first-order valence-corrected chi connectivity index (χ1v) is 7.44. The molecule has 21 heavy (non-hydrogen) atoms. The molecule has 1 fully saturated rings. The number of nitrogens with one attached hydrogen (secondary N) is 1. The lowest BCUT2D eigenvalue weighted by Crippen LogP contribution is -2.41. The lowest BCUT2D eigenvalue weighted by molar-refractivity contribution is -0.135. The fourth-order valence-corrected chi connectivity index (χ4v) is 2.50. The molecule has 5 heteroatoms. The van der Waals surface area contributed by atoms with Crippen molar-refractivity contribution >= 4 is 5.91 Å². The largest absolute Gasteiger partial charge is 0.496 e. The molecule has 0 aromatic heterocycles. The highest BCUT2D eigenvalue weighted by molar-refractivity contribution is 5.76. The minimum Gasteiger partial charge on any atom is -0.496 e. The van der Waals surface area contributed by atoms with Gasteiger partial charge in [-0.2, -0.15) is 0 Å². The molecule has 0 radical (unpaired) electrons. The molecule has 0 aliphatic carbocycles. The number of methoxy groups -OCH3 is 1. The molecule has 116 valence electrons. The van der Waals surface area contributed by atoms with Gasteiger partial charge in [0.05, 0.1) is 20.3 Å². The number of hydrogen-bond acceptors (Lipinski definition) is 4. The normalized spacial score (nSPS) is 16.6. The monoisotopic (exact) mass is 292 g/mol. The maximum atomic E-state index is 12.0. The second-order valence-electron chi connectivity index (χ2n) is 5.16. The predicted octanol–water partition coefficient (Wildman–Crippen LogP) is 1.59. The van der Waals surface area contributed by atoms with Crippen LogP contribution in [0.2, 0.25) is 0 Å². The number of hydrogen-bond donors (Lipinski definition) is 1. The van der Waals surface area contributed by atoms with E-state index in [1.54, 1.807) is 7.11 Å². The summed E-state index contributed by atoms with van der Waals surface area (Å²) in [5.74, 6) is 1.06. The highest BCUT2D eigenvalue weighted by Gasteiger charge is 2.17. The van der Waals surface area contributed by atoms with Crippen LogP contribution in [0.4, 0.5) is 0 Å². The maximum absolute atomic E-state index is 12.0. The Kier molecular flexibility index (Phi) is 6.02. The van der Waals surface area contributed by atoms with Gasteiger partial charge in [0.25, 0.3) is 0 Å². The van der Waals surface area contributed by atoms with Crippen LogP contribution in [0.15, 0.2) is 24.3 Å². The van der Waals surface area contributed by atoms with Crippen LogP contribution in [0.25, 0.3) is 0 Å². The Bertz CT molecular complexity index is 459. The lowest BCUT2D eigenvalue weighted by atomic mass is 10.1. The van der Waals surface area contributed by atoms with E-state index in [0.29, 0.717) is 39.3 Å². The molecule has 1 aromatic rings. The minimum atomic E-state index is 0.152. The van der Waals surface area contributed by atoms with Crippen LogP contribution in [0.3, 0.4) is 0 Å². The first kappa shape index (κ1) is 15.8. The van der Waals surface area contributed by atoms with Gasteiger partial charge in [-0.3, -0.25) is 4.79 Å². The van der Waals surface area contributed by atoms with Crippen LogP contribution in [-0.4, -0.2) is 50.8 Å². The molecule has 1 unspecified atom stereocenters. The summed E-state index contributed by atoms with van der Waals surface area (Å²) in [7, 11) is 1.67. The summed E-state index contributed by atoms with van der Waals surface area (Å²) >= 11 is 0. The van der Waals surface area contributed by atoms with Gasteiger partial charge in [0.1, 0.15) is 5.75 Å². The van der Waals surface area contributed by atoms with E-state index >= 15 is 0 Å². The van der Waals surface area contributed by atoms with Crippen molar-refractivity contribution < 1.29 is 14.3 Å². The molecular formula is C16H24N2O3. The molecule has 5 nitrogen and oxygen atoms in total. The van der Waals surface area contributed by atoms with Crippen molar-refractivity contribution in [2.45, 2.75) is 19.4 Å². The van der Waals surface area contributed by atoms with Crippen LogP contribution >= 0.6 is 0 Å². The van der Waals surface area contributed by atoms with Crippen LogP contribution in [0.1, 0.15) is 24.9 Å². The molecule has 1 amide bonds. The third kappa shape index (κ3) is 4.44. The number of para-hydroxylation sites is 1. The van der Waals surface area contributed by atoms with Gasteiger partial charge in [-0.15, -0.1) is 0 Å². The summed E-state index contributed by atoms with van der Waals surface area (Å²) in [5.41, 5.74) is 1.11.